The Balaban J connectivity index is 1.49. The van der Waals surface area contributed by atoms with Crippen molar-refractivity contribution >= 4 is 51.3 Å². The van der Waals surface area contributed by atoms with E-state index in [0.29, 0.717) is 28.2 Å². The third-order valence-electron chi connectivity index (χ3n) is 5.63. The molecule has 4 rings (SSSR count). The molecule has 2 amide bonds. The number of fused-ring (bicyclic) bond motifs is 1. The number of rotatable bonds is 9. The minimum absolute atomic E-state index is 0.149. The number of nitrogens with one attached hydrogen (secondary N) is 1. The third kappa shape index (κ3) is 5.07. The van der Waals surface area contributed by atoms with Crippen molar-refractivity contribution in [1.82, 2.24) is 14.8 Å². The molecule has 0 bridgehead atoms. The Kier molecular flexibility index (Phi) is 7.35. The van der Waals surface area contributed by atoms with Gasteiger partial charge in [0.2, 0.25) is 5.91 Å². The summed E-state index contributed by atoms with van der Waals surface area (Å²) in [6, 6.07) is 2.13. The summed E-state index contributed by atoms with van der Waals surface area (Å²) in [4.78, 5) is 27.3. The zero-order valence-corrected chi connectivity index (χ0v) is 21.2. The number of primary amides is 1. The number of carbonyl (C=O) groups excluding carboxylic acids is 2. The van der Waals surface area contributed by atoms with E-state index in [4.69, 9.17) is 5.73 Å². The Morgan fingerprint density at radius 2 is 2.24 bits per heavy atom. The first-order valence-electron chi connectivity index (χ1n) is 10.9. The monoisotopic (exact) mass is 501 g/mol. The highest BCUT2D eigenvalue weighted by molar-refractivity contribution is 7.99. The number of hydrogen-bond acceptors (Lipinski definition) is 7. The van der Waals surface area contributed by atoms with E-state index in [1.165, 1.54) is 28.0 Å². The topological polar surface area (TPSA) is 103 Å². The van der Waals surface area contributed by atoms with E-state index in [1.54, 1.807) is 17.4 Å². The van der Waals surface area contributed by atoms with Crippen LogP contribution in [0.5, 0.6) is 0 Å². The van der Waals surface area contributed by atoms with Crippen LogP contribution in [-0.4, -0.2) is 32.3 Å². The van der Waals surface area contributed by atoms with Crippen molar-refractivity contribution in [3.63, 3.8) is 0 Å². The molecule has 0 fully saturated rings. The predicted molar refractivity (Wildman–Crippen MR) is 136 cm³/mol. The minimum Gasteiger partial charge on any atom is -0.365 e. The summed E-state index contributed by atoms with van der Waals surface area (Å²) >= 11 is 4.49. The first-order chi connectivity index (χ1) is 15.9. The van der Waals surface area contributed by atoms with E-state index in [-0.39, 0.29) is 11.7 Å². The van der Waals surface area contributed by atoms with Crippen molar-refractivity contribution in [1.29, 1.82) is 0 Å². The fourth-order valence-electron chi connectivity index (χ4n) is 3.98. The van der Waals surface area contributed by atoms with Crippen molar-refractivity contribution in [2.75, 3.05) is 11.1 Å². The van der Waals surface area contributed by atoms with Crippen LogP contribution in [0.25, 0.3) is 11.4 Å². The number of nitrogens with zero attached hydrogens (tertiary/aromatic N) is 3. The third-order valence-corrected chi connectivity index (χ3v) is 8.85. The molecule has 1 atom stereocenters. The predicted octanol–water partition coefficient (Wildman–Crippen LogP) is 4.77. The van der Waals surface area contributed by atoms with Crippen molar-refractivity contribution < 1.29 is 9.59 Å². The maximum absolute atomic E-state index is 12.8. The summed E-state index contributed by atoms with van der Waals surface area (Å²) < 4.78 is 1.96. The van der Waals surface area contributed by atoms with Gasteiger partial charge in [-0.1, -0.05) is 31.7 Å². The van der Waals surface area contributed by atoms with Crippen LogP contribution in [0.1, 0.15) is 45.9 Å². The van der Waals surface area contributed by atoms with Crippen LogP contribution in [0, 0.1) is 5.92 Å². The number of allylic oxidation sites excluding steroid dienone is 1. The standard InChI is InChI=1S/C23H27N5O2S3/c1-4-8-28-21(14-10-15(5-2)31-11-14)26-27-23(28)32-12-18(29)25-22-19(20(24)30)16-7-6-13(3)9-17(16)33-22/h4,10-11,13H,1,5-9,12H2,2-3H3,(H2,24,30)(H,25,29). The van der Waals surface area contributed by atoms with Crippen LogP contribution in [0.15, 0.2) is 29.3 Å². The first-order valence-corrected chi connectivity index (χ1v) is 13.6. The molecule has 1 unspecified atom stereocenters. The van der Waals surface area contributed by atoms with Crippen LogP contribution < -0.4 is 11.1 Å². The molecule has 0 aromatic carbocycles. The molecule has 3 heterocycles. The smallest absolute Gasteiger partial charge is 0.251 e. The second-order valence-electron chi connectivity index (χ2n) is 8.12. The van der Waals surface area contributed by atoms with Gasteiger partial charge in [-0.3, -0.25) is 14.2 Å². The minimum atomic E-state index is -0.484. The molecule has 3 N–H and O–H groups in total. The van der Waals surface area contributed by atoms with Gasteiger partial charge in [-0.05, 0) is 43.2 Å². The molecule has 3 aromatic rings. The Labute approximate surface area is 205 Å². The molecule has 0 aliphatic heterocycles. The number of aromatic nitrogens is 3. The highest BCUT2D eigenvalue weighted by atomic mass is 32.2. The van der Waals surface area contributed by atoms with Gasteiger partial charge in [0.05, 0.1) is 11.3 Å². The number of hydrogen-bond donors (Lipinski definition) is 2. The SMILES string of the molecule is C=CCn1c(SCC(=O)Nc2sc3c(c2C(N)=O)CCC(C)C3)nnc1-c1csc(CC)c1. The highest BCUT2D eigenvalue weighted by Gasteiger charge is 2.27. The molecule has 7 nitrogen and oxygen atoms in total. The summed E-state index contributed by atoms with van der Waals surface area (Å²) in [5.41, 5.74) is 8.16. The van der Waals surface area contributed by atoms with E-state index in [9.17, 15) is 9.59 Å². The summed E-state index contributed by atoms with van der Waals surface area (Å²) in [5.74, 6) is 0.800. The Morgan fingerprint density at radius 1 is 1.42 bits per heavy atom. The van der Waals surface area contributed by atoms with Gasteiger partial charge in [0.15, 0.2) is 11.0 Å². The zero-order chi connectivity index (χ0) is 23.5. The van der Waals surface area contributed by atoms with Crippen LogP contribution >= 0.6 is 34.4 Å². The molecule has 3 aromatic heterocycles. The van der Waals surface area contributed by atoms with Crippen LogP contribution in [0.4, 0.5) is 5.00 Å². The van der Waals surface area contributed by atoms with Crippen molar-refractivity contribution in [3.8, 4) is 11.4 Å². The van der Waals surface area contributed by atoms with Gasteiger partial charge >= 0.3 is 0 Å². The van der Waals surface area contributed by atoms with Gasteiger partial charge in [0, 0.05) is 27.2 Å². The molecule has 0 radical (unpaired) electrons. The fourth-order valence-corrected chi connectivity index (χ4v) is 6.97. The number of amides is 2. The summed E-state index contributed by atoms with van der Waals surface area (Å²) in [6.45, 7) is 8.72. The lowest BCUT2D eigenvalue weighted by molar-refractivity contribution is -0.113. The van der Waals surface area contributed by atoms with E-state index >= 15 is 0 Å². The Hall–Kier alpha value is -2.43. The summed E-state index contributed by atoms with van der Waals surface area (Å²) in [7, 11) is 0. The lowest BCUT2D eigenvalue weighted by Gasteiger charge is -2.18. The average Bonchev–Trinajstić information content (AvgIpc) is 3.48. The number of nitrogens with two attached hydrogens (primary N) is 1. The second kappa shape index (κ2) is 10.2. The molecule has 0 saturated carbocycles. The van der Waals surface area contributed by atoms with Gasteiger partial charge in [0.25, 0.3) is 5.91 Å². The van der Waals surface area contributed by atoms with E-state index in [1.807, 2.05) is 4.57 Å². The Bertz CT molecular complexity index is 1190. The molecule has 1 aliphatic carbocycles. The molecule has 10 heteroatoms. The maximum atomic E-state index is 12.8. The molecular formula is C23H27N5O2S3. The van der Waals surface area contributed by atoms with Gasteiger partial charge in [-0.25, -0.2) is 0 Å². The van der Waals surface area contributed by atoms with Crippen LogP contribution in [0.3, 0.4) is 0 Å². The zero-order valence-electron chi connectivity index (χ0n) is 18.7. The van der Waals surface area contributed by atoms with Gasteiger partial charge in [0.1, 0.15) is 5.00 Å². The molecule has 0 saturated heterocycles. The van der Waals surface area contributed by atoms with Crippen molar-refractivity contribution in [3.05, 3.63) is 45.0 Å². The summed E-state index contributed by atoms with van der Waals surface area (Å²) in [6.07, 6.45) is 5.53. The van der Waals surface area contributed by atoms with Crippen molar-refractivity contribution in [2.24, 2.45) is 11.7 Å². The van der Waals surface area contributed by atoms with Crippen LogP contribution in [-0.2, 0) is 30.6 Å². The molecule has 174 valence electrons. The van der Waals surface area contributed by atoms with Crippen LogP contribution in [0.2, 0.25) is 0 Å². The van der Waals surface area contributed by atoms with E-state index in [2.05, 4.69) is 47.4 Å². The van der Waals surface area contributed by atoms with E-state index < -0.39 is 5.91 Å². The van der Waals surface area contributed by atoms with Gasteiger partial charge < -0.3 is 11.1 Å². The number of thiophene rings is 2. The number of thioether (sulfide) groups is 1. The fraction of sp³-hybridized carbons (Fsp3) is 0.391. The number of anilines is 1. The highest BCUT2D eigenvalue weighted by Crippen LogP contribution is 2.39. The Morgan fingerprint density at radius 3 is 2.94 bits per heavy atom. The quantitative estimate of drug-likeness (QED) is 0.325. The second-order valence-corrected chi connectivity index (χ2v) is 11.2. The molecule has 33 heavy (non-hydrogen) atoms. The van der Waals surface area contributed by atoms with Gasteiger partial charge in [-0.15, -0.1) is 39.4 Å². The number of aryl methyl sites for hydroxylation is 1. The first kappa shape index (κ1) is 23.7. The number of carbonyl (C=O) groups is 2. The normalized spacial score (nSPS) is 15.3. The van der Waals surface area contributed by atoms with Gasteiger partial charge in [-0.2, -0.15) is 0 Å². The maximum Gasteiger partial charge on any atom is 0.251 e. The molecule has 1 aliphatic rings. The van der Waals surface area contributed by atoms with E-state index in [0.717, 1.165) is 47.5 Å². The largest absolute Gasteiger partial charge is 0.365 e. The molecule has 0 spiro atoms. The van der Waals surface area contributed by atoms with Crippen molar-refractivity contribution in [2.45, 2.75) is 51.2 Å². The average molecular weight is 502 g/mol. The molecular weight excluding hydrogens is 474 g/mol. The summed E-state index contributed by atoms with van der Waals surface area (Å²) in [5, 5.41) is 14.9. The lowest BCUT2D eigenvalue weighted by atomic mass is 9.88. The lowest BCUT2D eigenvalue weighted by Crippen LogP contribution is -2.20.